The molecule has 138 valence electrons. The van der Waals surface area contributed by atoms with Crippen LogP contribution in [0.1, 0.15) is 11.2 Å². The van der Waals surface area contributed by atoms with E-state index in [-0.39, 0.29) is 5.91 Å². The van der Waals surface area contributed by atoms with Gasteiger partial charge in [0.1, 0.15) is 0 Å². The van der Waals surface area contributed by atoms with Gasteiger partial charge in [-0.05, 0) is 40.8 Å². The summed E-state index contributed by atoms with van der Waals surface area (Å²) in [5, 5.41) is 0. The number of rotatable bonds is 7. The van der Waals surface area contributed by atoms with Gasteiger partial charge in [-0.15, -0.1) is 4.57 Å². The molecule has 2 heterocycles. The molecule has 0 N–H and O–H groups in total. The molecular weight excluding hydrogens is 334 g/mol. The fraction of sp³-hybridized carbons (Fsp3) is 0.261. The molecule has 0 spiro atoms. The smallest absolute Gasteiger partial charge is 0.313 e. The highest BCUT2D eigenvalue weighted by Gasteiger charge is 2.27. The summed E-state index contributed by atoms with van der Waals surface area (Å²) in [6.45, 7) is 9.79. The Morgan fingerprint density at radius 1 is 1.11 bits per heavy atom. The van der Waals surface area contributed by atoms with Crippen molar-refractivity contribution in [3.63, 3.8) is 0 Å². The lowest BCUT2D eigenvalue weighted by Gasteiger charge is -2.25. The third-order valence-electron chi connectivity index (χ3n) is 4.81. The van der Waals surface area contributed by atoms with E-state index in [0.717, 1.165) is 30.6 Å². The maximum atomic E-state index is 12.6. The van der Waals surface area contributed by atoms with Crippen LogP contribution >= 0.6 is 0 Å². The Labute approximate surface area is 161 Å². The first-order valence-electron chi connectivity index (χ1n) is 9.22. The second-order valence-corrected chi connectivity index (χ2v) is 7.75. The predicted octanol–water partition coefficient (Wildman–Crippen LogP) is 2.72. The van der Waals surface area contributed by atoms with Gasteiger partial charge in [-0.1, -0.05) is 13.2 Å². The molecule has 0 unspecified atom stereocenters. The molecule has 0 aliphatic heterocycles. The molecule has 1 fully saturated rings. The summed E-state index contributed by atoms with van der Waals surface area (Å²) >= 11 is 0. The third-order valence-corrected chi connectivity index (χ3v) is 4.81. The molecule has 0 radical (unpaired) electrons. The van der Waals surface area contributed by atoms with Gasteiger partial charge in [-0.3, -0.25) is 0 Å². The number of aromatic nitrogens is 2. The molecule has 0 amide bonds. The zero-order valence-corrected chi connectivity index (χ0v) is 16.3. The van der Waals surface area contributed by atoms with Crippen molar-refractivity contribution in [3.8, 4) is 11.1 Å². The first-order chi connectivity index (χ1) is 12.9. The van der Waals surface area contributed by atoms with Crippen molar-refractivity contribution in [2.24, 2.45) is 0 Å². The van der Waals surface area contributed by atoms with Gasteiger partial charge in [0.15, 0.2) is 31.3 Å². The molecule has 2 aromatic rings. The fourth-order valence-corrected chi connectivity index (χ4v) is 2.98. The molecule has 0 atom stereocenters. The Kier molecular flexibility index (Phi) is 5.47. The van der Waals surface area contributed by atoms with Gasteiger partial charge in [-0.25, -0.2) is 9.36 Å². The highest BCUT2D eigenvalue weighted by Crippen LogP contribution is 2.34. The van der Waals surface area contributed by atoms with Crippen molar-refractivity contribution in [2.45, 2.75) is 13.0 Å². The molecule has 4 heteroatoms. The highest BCUT2D eigenvalue weighted by atomic mass is 16.2. The van der Waals surface area contributed by atoms with Gasteiger partial charge < -0.3 is 4.48 Å². The van der Waals surface area contributed by atoms with E-state index in [9.17, 15) is 4.79 Å². The van der Waals surface area contributed by atoms with Crippen LogP contribution in [0, 0.1) is 0 Å². The minimum Gasteiger partial charge on any atom is -0.313 e. The predicted molar refractivity (Wildman–Crippen MR) is 107 cm³/mol. The van der Waals surface area contributed by atoms with Crippen LogP contribution in [-0.4, -0.2) is 37.6 Å². The van der Waals surface area contributed by atoms with E-state index in [4.69, 9.17) is 0 Å². The molecule has 1 aliphatic rings. The van der Waals surface area contributed by atoms with E-state index in [2.05, 4.69) is 50.0 Å². The number of carbonyl (C=O) groups excluding carboxylic acids is 1. The van der Waals surface area contributed by atoms with Crippen LogP contribution in [0.25, 0.3) is 11.1 Å². The van der Waals surface area contributed by atoms with Gasteiger partial charge in [-0.2, -0.15) is 0 Å². The maximum absolute atomic E-state index is 12.6. The second kappa shape index (κ2) is 7.80. The lowest BCUT2D eigenvalue weighted by Crippen LogP contribution is -2.53. The van der Waals surface area contributed by atoms with E-state index < -0.39 is 0 Å². The highest BCUT2D eigenvalue weighted by molar-refractivity contribution is 5.68. The summed E-state index contributed by atoms with van der Waals surface area (Å²) in [5.41, 5.74) is 4.78. The van der Waals surface area contributed by atoms with Crippen molar-refractivity contribution < 1.29 is 18.4 Å². The number of carbonyl (C=O) groups is 1. The van der Waals surface area contributed by atoms with Gasteiger partial charge in [0.2, 0.25) is 6.54 Å². The molecule has 1 saturated carbocycles. The van der Waals surface area contributed by atoms with E-state index in [0.29, 0.717) is 11.0 Å². The summed E-state index contributed by atoms with van der Waals surface area (Å²) in [6, 6.07) is 8.12. The van der Waals surface area contributed by atoms with Crippen LogP contribution in [0.4, 0.5) is 0 Å². The molecule has 0 saturated heterocycles. The average Bonchev–Trinajstić information content (AvgIpc) is 3.36. The zero-order chi connectivity index (χ0) is 19.4. The molecule has 1 aliphatic carbocycles. The Hall–Kier alpha value is -2.85. The summed E-state index contributed by atoms with van der Waals surface area (Å²) < 4.78 is 4.37. The van der Waals surface area contributed by atoms with Crippen LogP contribution in [0.2, 0.25) is 0 Å². The minimum absolute atomic E-state index is 0.0939. The first kappa shape index (κ1) is 18.9. The van der Waals surface area contributed by atoms with Crippen LogP contribution in [0.15, 0.2) is 85.5 Å². The Morgan fingerprint density at radius 2 is 1.67 bits per heavy atom. The van der Waals surface area contributed by atoms with Gasteiger partial charge in [0.25, 0.3) is 0 Å². The van der Waals surface area contributed by atoms with Crippen molar-refractivity contribution in [3.05, 3.63) is 85.5 Å². The van der Waals surface area contributed by atoms with Crippen molar-refractivity contribution in [1.82, 2.24) is 0 Å². The van der Waals surface area contributed by atoms with Crippen LogP contribution in [0.5, 0.6) is 0 Å². The number of allylic oxidation sites excluding steroid dienone is 3. The first-order valence-corrected chi connectivity index (χ1v) is 9.22. The summed E-state index contributed by atoms with van der Waals surface area (Å²) in [7, 11) is 4.16. The van der Waals surface area contributed by atoms with Gasteiger partial charge >= 0.3 is 5.91 Å². The Balaban J connectivity index is 1.64. The SMILES string of the molecule is C=CC[n+]1ccc(-c2cc[n+](C(=O)C[N+](C)(C)C/C=C3/CC3=C)cc2)cc1. The maximum Gasteiger partial charge on any atom is 0.446 e. The van der Waals surface area contributed by atoms with Crippen molar-refractivity contribution >= 4 is 5.91 Å². The van der Waals surface area contributed by atoms with Crippen LogP contribution in [-0.2, 0) is 6.54 Å². The topological polar surface area (TPSA) is 24.8 Å². The monoisotopic (exact) mass is 362 g/mol. The fourth-order valence-electron chi connectivity index (χ4n) is 2.98. The van der Waals surface area contributed by atoms with Gasteiger partial charge in [0, 0.05) is 24.3 Å². The summed E-state index contributed by atoms with van der Waals surface area (Å²) in [6.07, 6.45) is 12.9. The third kappa shape index (κ3) is 5.08. The molecule has 0 aromatic carbocycles. The number of pyridine rings is 2. The number of hydrogen-bond acceptors (Lipinski definition) is 1. The van der Waals surface area contributed by atoms with E-state index in [1.165, 1.54) is 11.1 Å². The van der Waals surface area contributed by atoms with Crippen molar-refractivity contribution in [2.75, 3.05) is 27.2 Å². The quantitative estimate of drug-likeness (QED) is 0.422. The average molecular weight is 362 g/mol. The number of likely N-dealkylation sites (N-methyl/N-ethyl adjacent to an activating group) is 1. The second-order valence-electron chi connectivity index (χ2n) is 7.75. The van der Waals surface area contributed by atoms with Crippen molar-refractivity contribution in [1.29, 1.82) is 0 Å². The van der Waals surface area contributed by atoms with E-state index >= 15 is 0 Å². The number of hydrogen-bond donors (Lipinski definition) is 0. The largest absolute Gasteiger partial charge is 0.446 e. The standard InChI is InChI=1S/C23H28N3O/c1-5-11-24-12-6-20(7-13-24)21-8-14-25(15-9-21)23(27)18-26(3,4)16-10-22-17-19(22)2/h5-10,12-15H,1-2,11,16-18H2,3-4H3/q+3/b22-10-. The lowest BCUT2D eigenvalue weighted by atomic mass is 10.1. The summed E-state index contributed by atoms with van der Waals surface area (Å²) in [4.78, 5) is 12.6. The molecule has 2 aromatic heterocycles. The lowest BCUT2D eigenvalue weighted by molar-refractivity contribution is -0.881. The van der Waals surface area contributed by atoms with E-state index in [1.807, 2.05) is 43.0 Å². The molecular formula is C23H28N3O+3. The zero-order valence-electron chi connectivity index (χ0n) is 16.3. The Bertz CT molecular complexity index is 890. The van der Waals surface area contributed by atoms with Crippen LogP contribution in [0.3, 0.4) is 0 Å². The summed E-state index contributed by atoms with van der Waals surface area (Å²) in [5.74, 6) is 0.0939. The normalized spacial score (nSPS) is 15.0. The number of quaternary nitrogens is 1. The molecule has 4 nitrogen and oxygen atoms in total. The van der Waals surface area contributed by atoms with E-state index in [1.54, 1.807) is 4.57 Å². The van der Waals surface area contributed by atoms with Gasteiger partial charge in [0.05, 0.1) is 20.6 Å². The Morgan fingerprint density at radius 3 is 2.19 bits per heavy atom. The van der Waals surface area contributed by atoms with Crippen LogP contribution < -0.4 is 9.13 Å². The number of nitrogens with zero attached hydrogens (tertiary/aromatic N) is 3. The minimum atomic E-state index is 0.0939. The molecule has 0 bridgehead atoms. The molecule has 3 rings (SSSR count). The molecule has 27 heavy (non-hydrogen) atoms.